The molecule has 1 aliphatic heterocycles. The van der Waals surface area contributed by atoms with Crippen LogP contribution < -0.4 is 0 Å². The molecule has 6 aromatic rings. The Hall–Kier alpha value is -4.51. The van der Waals surface area contributed by atoms with E-state index in [2.05, 4.69) is 156 Å². The van der Waals surface area contributed by atoms with Crippen molar-refractivity contribution in [2.24, 2.45) is 14.1 Å². The molecule has 1 radical (unpaired) electrons. The van der Waals surface area contributed by atoms with Gasteiger partial charge in [-0.25, -0.2) is 15.7 Å². The summed E-state index contributed by atoms with van der Waals surface area (Å²) < 4.78 is 8.24. The first-order valence-electron chi connectivity index (χ1n) is 15.4. The van der Waals surface area contributed by atoms with Crippen molar-refractivity contribution in [3.8, 4) is 11.4 Å². The third kappa shape index (κ3) is 7.47. The van der Waals surface area contributed by atoms with Gasteiger partial charge in [-0.1, -0.05) is 41.0 Å². The van der Waals surface area contributed by atoms with Gasteiger partial charge >= 0.3 is 0 Å². The van der Waals surface area contributed by atoms with Gasteiger partial charge < -0.3 is 4.90 Å². The maximum Gasteiger partial charge on any atom is 0.163 e. The summed E-state index contributed by atoms with van der Waals surface area (Å²) in [5.74, 6) is 0.297. The van der Waals surface area contributed by atoms with Gasteiger partial charge in [0.1, 0.15) is 24.8 Å². The molecule has 0 aliphatic carbocycles. The summed E-state index contributed by atoms with van der Waals surface area (Å²) in [5.41, 5.74) is 11.0. The molecule has 0 bridgehead atoms. The number of imidazole rings is 2. The van der Waals surface area contributed by atoms with Crippen molar-refractivity contribution in [2.45, 2.75) is 25.2 Å². The summed E-state index contributed by atoms with van der Waals surface area (Å²) in [6.45, 7) is 2.21. The van der Waals surface area contributed by atoms with E-state index in [0.717, 1.165) is 30.6 Å². The second-order valence-corrected chi connectivity index (χ2v) is 12.2. The number of benzene rings is 4. The largest absolute Gasteiger partial charge is 0.530 e. The van der Waals surface area contributed by atoms with Crippen LogP contribution in [0.3, 0.4) is 0 Å². The summed E-state index contributed by atoms with van der Waals surface area (Å²) in [7, 11) is 6.13. The molecule has 0 fully saturated rings. The van der Waals surface area contributed by atoms with Crippen LogP contribution in [-0.2, 0) is 53.5 Å². The Morgan fingerprint density at radius 1 is 0.609 bits per heavy atom. The molecule has 5 nitrogen and oxygen atoms in total. The van der Waals surface area contributed by atoms with Crippen LogP contribution in [0.15, 0.2) is 123 Å². The predicted molar refractivity (Wildman–Crippen MR) is 180 cm³/mol. The van der Waals surface area contributed by atoms with Gasteiger partial charge in [-0.15, -0.1) is 41.3 Å². The average Bonchev–Trinajstić information content (AvgIpc) is 3.80. The van der Waals surface area contributed by atoms with Crippen LogP contribution in [0.25, 0.3) is 11.4 Å². The smallest absolute Gasteiger partial charge is 0.163 e. The maximum atomic E-state index is 3.54. The SMILES string of the molecule is CN1C=CC(c2[c-]cc(Cc3cc(Cc4c[c-]c(-n5ccn(C)[cH+]5)cc4)cc(Cc4c[c-]c(-n5ccn(C)[cH+]5)cc4)c3)cc2)[CH-]1.[Ir]. The fraction of sp³-hybridized carbons (Fsp3) is 0.175. The maximum absolute atomic E-state index is 3.54. The zero-order chi connectivity index (χ0) is 30.8. The standard InChI is InChI=1S/C40H37N5.Ir/c1-41-17-16-38(28-41)37-10-4-31(5-11-37)22-34-25-35(23-32-6-12-39(13-7-32)44-20-18-42(2)29-44)27-36(26-34)24-33-8-14-40(15-9-33)45-21-19-43(3)30-45;/h4-10,12,14,16-21,25-30,38H,22-24H2,1-3H3;/q-2;. The van der Waals surface area contributed by atoms with Gasteiger partial charge in [0, 0.05) is 45.6 Å². The summed E-state index contributed by atoms with van der Waals surface area (Å²) in [5, 5.41) is 0. The third-order valence-corrected chi connectivity index (χ3v) is 8.34. The summed E-state index contributed by atoms with van der Waals surface area (Å²) in [6, 6.07) is 37.2. The van der Waals surface area contributed by atoms with Crippen molar-refractivity contribution in [2.75, 3.05) is 7.05 Å². The topological polar surface area (TPSA) is 23.0 Å². The number of rotatable bonds is 9. The molecule has 233 valence electrons. The van der Waals surface area contributed by atoms with Gasteiger partial charge in [0.25, 0.3) is 0 Å². The van der Waals surface area contributed by atoms with Crippen LogP contribution in [-0.4, -0.2) is 30.2 Å². The molecule has 7 rings (SSSR count). The zero-order valence-corrected chi connectivity index (χ0v) is 28.8. The Morgan fingerprint density at radius 3 is 1.43 bits per heavy atom. The van der Waals surface area contributed by atoms with E-state index >= 15 is 0 Å². The summed E-state index contributed by atoms with van der Waals surface area (Å²) in [6.07, 6.45) is 19.2. The monoisotopic (exact) mass is 780 g/mol. The van der Waals surface area contributed by atoms with Gasteiger partial charge in [0.05, 0.1) is 0 Å². The quantitative estimate of drug-likeness (QED) is 0.141. The molecular weight excluding hydrogens is 743 g/mol. The van der Waals surface area contributed by atoms with Crippen molar-refractivity contribution >= 4 is 0 Å². The molecule has 2 aromatic heterocycles. The minimum atomic E-state index is 0. The number of aromatic nitrogens is 4. The van der Waals surface area contributed by atoms with Crippen LogP contribution in [0.5, 0.6) is 0 Å². The van der Waals surface area contributed by atoms with Crippen molar-refractivity contribution < 1.29 is 20.1 Å². The fourth-order valence-corrected chi connectivity index (χ4v) is 6.03. The molecule has 4 aromatic carbocycles. The Kier molecular flexibility index (Phi) is 9.48. The van der Waals surface area contributed by atoms with E-state index < -0.39 is 0 Å². The third-order valence-electron chi connectivity index (χ3n) is 8.34. The first-order valence-corrected chi connectivity index (χ1v) is 15.4. The number of nitrogens with zero attached hydrogens (tertiary/aromatic N) is 5. The Morgan fingerprint density at radius 2 is 1.09 bits per heavy atom. The number of likely N-dealkylation sites (N-methyl/N-ethyl adjacent to an activating group) is 1. The molecule has 0 saturated carbocycles. The molecule has 0 spiro atoms. The van der Waals surface area contributed by atoms with Gasteiger partial charge in [-0.2, -0.15) is 59.7 Å². The van der Waals surface area contributed by atoms with Crippen LogP contribution in [0, 0.1) is 24.7 Å². The van der Waals surface area contributed by atoms with E-state index in [1.807, 2.05) is 35.6 Å². The Labute approximate surface area is 286 Å². The number of aryl methyl sites for hydroxylation is 2. The van der Waals surface area contributed by atoms with Gasteiger partial charge in [0.2, 0.25) is 0 Å². The van der Waals surface area contributed by atoms with E-state index in [-0.39, 0.29) is 20.1 Å². The van der Waals surface area contributed by atoms with Crippen molar-refractivity contribution in [3.63, 3.8) is 0 Å². The molecule has 46 heavy (non-hydrogen) atoms. The second kappa shape index (κ2) is 13.9. The van der Waals surface area contributed by atoms with E-state index in [4.69, 9.17) is 0 Å². The van der Waals surface area contributed by atoms with E-state index in [1.165, 1.54) is 38.9 Å². The molecule has 0 amide bonds. The van der Waals surface area contributed by atoms with Crippen molar-refractivity contribution in [1.82, 2.24) is 23.2 Å². The van der Waals surface area contributed by atoms with E-state index in [0.29, 0.717) is 5.92 Å². The minimum absolute atomic E-state index is 0. The molecule has 6 heteroatoms. The second-order valence-electron chi connectivity index (χ2n) is 12.2. The molecule has 0 N–H and O–H groups in total. The van der Waals surface area contributed by atoms with Gasteiger partial charge in [0.15, 0.2) is 12.7 Å². The van der Waals surface area contributed by atoms with Crippen LogP contribution in [0.2, 0.25) is 0 Å². The van der Waals surface area contributed by atoms with Crippen molar-refractivity contribution in [1.29, 1.82) is 0 Å². The molecule has 3 heterocycles. The van der Waals surface area contributed by atoms with Crippen LogP contribution >= 0.6 is 0 Å². The zero-order valence-electron chi connectivity index (χ0n) is 26.4. The van der Waals surface area contributed by atoms with E-state index in [1.54, 1.807) is 0 Å². The number of hydrogen-bond acceptors (Lipinski definition) is 1. The predicted octanol–water partition coefficient (Wildman–Crippen LogP) is 7.38. The van der Waals surface area contributed by atoms with Crippen molar-refractivity contribution in [3.05, 3.63) is 186 Å². The summed E-state index contributed by atoms with van der Waals surface area (Å²) >= 11 is 0. The van der Waals surface area contributed by atoms with E-state index in [9.17, 15) is 0 Å². The van der Waals surface area contributed by atoms with Crippen LogP contribution in [0.4, 0.5) is 0 Å². The average molecular weight is 780 g/mol. The first-order chi connectivity index (χ1) is 21.9. The van der Waals surface area contributed by atoms with Gasteiger partial charge in [-0.05, 0) is 32.5 Å². The fourth-order valence-electron chi connectivity index (χ4n) is 6.03. The number of hydrogen-bond donors (Lipinski definition) is 0. The summed E-state index contributed by atoms with van der Waals surface area (Å²) in [4.78, 5) is 2.11. The Balaban J connectivity index is 0.00000372. The normalized spacial score (nSPS) is 14.1. The minimum Gasteiger partial charge on any atom is -0.530 e. The molecular formula is C40H37IrN5-2. The molecule has 1 atom stereocenters. The molecule has 1 unspecified atom stereocenters. The Bertz CT molecular complexity index is 1830. The molecule has 0 saturated heterocycles. The first kappa shape index (κ1) is 31.5. The molecule has 1 aliphatic rings. The van der Waals surface area contributed by atoms with Crippen LogP contribution in [0.1, 0.15) is 44.9 Å². The van der Waals surface area contributed by atoms with Gasteiger partial charge in [-0.3, -0.25) is 9.13 Å².